The van der Waals surface area contributed by atoms with Gasteiger partial charge in [0.15, 0.2) is 0 Å². The first-order valence-corrected chi connectivity index (χ1v) is 11.4. The molecule has 3 aromatic rings. The highest BCUT2D eigenvalue weighted by Crippen LogP contribution is 2.50. The first-order valence-electron chi connectivity index (χ1n) is 10.2. The van der Waals surface area contributed by atoms with Crippen molar-refractivity contribution in [1.29, 1.82) is 0 Å². The van der Waals surface area contributed by atoms with Gasteiger partial charge in [-0.15, -0.1) is 11.3 Å². The molecule has 2 aromatic carbocycles. The summed E-state index contributed by atoms with van der Waals surface area (Å²) in [4.78, 5) is 1.07. The van der Waals surface area contributed by atoms with Gasteiger partial charge in [-0.3, -0.25) is 0 Å². The third-order valence-electron chi connectivity index (χ3n) is 6.33. The highest BCUT2D eigenvalue weighted by Gasteiger charge is 2.67. The van der Waals surface area contributed by atoms with Gasteiger partial charge in [-0.2, -0.15) is 0 Å². The molecule has 2 aliphatic rings. The highest BCUT2D eigenvalue weighted by molar-refractivity contribution is 7.19. The molecular weight excluding hydrogens is 456 g/mol. The number of ether oxygens (including phenoxy) is 3. The number of hydrogen-bond acceptors (Lipinski definition) is 8. The van der Waals surface area contributed by atoms with Crippen molar-refractivity contribution in [3.05, 3.63) is 63.5 Å². The van der Waals surface area contributed by atoms with Gasteiger partial charge in [-0.25, -0.2) is 0 Å². The van der Waals surface area contributed by atoms with Gasteiger partial charge in [0.2, 0.25) is 5.79 Å². The van der Waals surface area contributed by atoms with Crippen molar-refractivity contribution in [3.63, 3.8) is 0 Å². The first kappa shape index (κ1) is 22.1. The number of aliphatic hydroxyl groups excluding tert-OH is 4. The van der Waals surface area contributed by atoms with E-state index in [0.717, 1.165) is 26.3 Å². The number of aliphatic hydroxyl groups is 4. The number of halogens is 1. The van der Waals surface area contributed by atoms with E-state index in [1.54, 1.807) is 36.6 Å². The van der Waals surface area contributed by atoms with E-state index in [4.69, 9.17) is 25.8 Å². The van der Waals surface area contributed by atoms with E-state index in [0.29, 0.717) is 17.0 Å². The molecule has 3 heterocycles. The van der Waals surface area contributed by atoms with Crippen LogP contribution in [-0.4, -0.2) is 64.7 Å². The van der Waals surface area contributed by atoms with Crippen molar-refractivity contribution in [3.8, 4) is 5.75 Å². The van der Waals surface area contributed by atoms with E-state index >= 15 is 0 Å². The Kier molecular flexibility index (Phi) is 5.47. The summed E-state index contributed by atoms with van der Waals surface area (Å²) in [6.07, 6.45) is -4.06. The van der Waals surface area contributed by atoms with Gasteiger partial charge < -0.3 is 34.6 Å². The van der Waals surface area contributed by atoms with Crippen molar-refractivity contribution < 1.29 is 34.6 Å². The van der Waals surface area contributed by atoms with Gasteiger partial charge in [0.1, 0.15) is 29.7 Å². The van der Waals surface area contributed by atoms with Crippen LogP contribution in [-0.2, 0) is 21.7 Å². The quantitative estimate of drug-likeness (QED) is 0.445. The molecule has 0 amide bonds. The molecular formula is C23H23ClO7S. The van der Waals surface area contributed by atoms with E-state index in [2.05, 4.69) is 6.07 Å². The van der Waals surface area contributed by atoms with Crippen molar-refractivity contribution in [1.82, 2.24) is 0 Å². The second kappa shape index (κ2) is 7.93. The Morgan fingerprint density at radius 1 is 1.16 bits per heavy atom. The second-order valence-corrected chi connectivity index (χ2v) is 9.80. The number of rotatable bonds is 5. The lowest BCUT2D eigenvalue weighted by molar-refractivity contribution is -0.329. The summed E-state index contributed by atoms with van der Waals surface area (Å²) in [5.41, 5.74) is -0.282. The number of thiophene rings is 1. The van der Waals surface area contributed by atoms with Crippen LogP contribution in [0.2, 0.25) is 5.02 Å². The average Bonchev–Trinajstić information content (AvgIpc) is 3.39. The van der Waals surface area contributed by atoms with Gasteiger partial charge in [-0.1, -0.05) is 23.7 Å². The molecule has 2 aliphatic heterocycles. The zero-order valence-electron chi connectivity index (χ0n) is 17.2. The molecule has 0 spiro atoms. The van der Waals surface area contributed by atoms with Gasteiger partial charge in [0, 0.05) is 32.0 Å². The zero-order valence-corrected chi connectivity index (χ0v) is 18.8. The van der Waals surface area contributed by atoms with Crippen molar-refractivity contribution in [2.24, 2.45) is 0 Å². The minimum Gasteiger partial charge on any atom is -0.496 e. The Bertz CT molecular complexity index is 1170. The third kappa shape index (κ3) is 3.18. The molecule has 7 nitrogen and oxygen atoms in total. The van der Waals surface area contributed by atoms with Crippen LogP contribution in [0.4, 0.5) is 0 Å². The van der Waals surface area contributed by atoms with Crippen molar-refractivity contribution >= 4 is 33.0 Å². The van der Waals surface area contributed by atoms with Crippen LogP contribution in [0.1, 0.15) is 16.0 Å². The molecule has 2 fully saturated rings. The number of fused-ring (bicyclic) bond motifs is 3. The lowest BCUT2D eigenvalue weighted by Gasteiger charge is -2.46. The standard InChI is InChI=1S/C23H23ClO7S/c1-29-17-3-2-4-18-15(17)9-14(32-18)8-12-7-13(5-6-16(12)24)23-21(28)19(26)20(27)22(10-25,31-23)11-30-23/h2-7,9,19-21,25-28H,8,10-11H2,1H3/t19-,20-,21+,22-,23-/m0/s1. The van der Waals surface area contributed by atoms with E-state index in [1.807, 2.05) is 18.2 Å². The highest BCUT2D eigenvalue weighted by atomic mass is 35.5. The molecule has 2 saturated heterocycles. The predicted molar refractivity (Wildman–Crippen MR) is 119 cm³/mol. The van der Waals surface area contributed by atoms with Crippen LogP contribution < -0.4 is 4.74 Å². The van der Waals surface area contributed by atoms with Crippen molar-refractivity contribution in [2.75, 3.05) is 20.3 Å². The maximum atomic E-state index is 10.8. The summed E-state index contributed by atoms with van der Waals surface area (Å²) < 4.78 is 18.3. The second-order valence-electron chi connectivity index (χ2n) is 8.23. The molecule has 9 heteroatoms. The predicted octanol–water partition coefficient (Wildman–Crippen LogP) is 2.18. The van der Waals surface area contributed by atoms with Crippen LogP contribution in [0.25, 0.3) is 10.1 Å². The first-order chi connectivity index (χ1) is 15.3. The number of methoxy groups -OCH3 is 1. The molecule has 0 unspecified atom stereocenters. The van der Waals surface area contributed by atoms with Crippen LogP contribution in [0, 0.1) is 0 Å². The fourth-order valence-electron chi connectivity index (χ4n) is 4.54. The molecule has 5 atom stereocenters. The molecule has 32 heavy (non-hydrogen) atoms. The normalized spacial score (nSPS) is 31.9. The van der Waals surface area contributed by atoms with Gasteiger partial charge in [0.25, 0.3) is 0 Å². The van der Waals surface area contributed by atoms with E-state index in [1.165, 1.54) is 0 Å². The Labute approximate surface area is 193 Å². The van der Waals surface area contributed by atoms with Crippen LogP contribution in [0.3, 0.4) is 0 Å². The monoisotopic (exact) mass is 478 g/mol. The van der Waals surface area contributed by atoms with Gasteiger partial charge in [0.05, 0.1) is 20.3 Å². The Hall–Kier alpha value is -1.75. The number of benzene rings is 2. The van der Waals surface area contributed by atoms with Crippen LogP contribution in [0.5, 0.6) is 5.75 Å². The smallest absolute Gasteiger partial charge is 0.225 e. The SMILES string of the molecule is COc1cccc2sc(Cc3cc([C@]45OC[C@](CO)(O4)[C@@H](O)[C@H](O)[C@H]5O)ccc3Cl)cc12. The van der Waals surface area contributed by atoms with Crippen LogP contribution in [0.15, 0.2) is 42.5 Å². The minimum atomic E-state index is -1.72. The summed E-state index contributed by atoms with van der Waals surface area (Å²) in [7, 11) is 1.64. The maximum absolute atomic E-state index is 10.8. The zero-order chi connectivity index (χ0) is 22.7. The van der Waals surface area contributed by atoms with E-state index in [9.17, 15) is 20.4 Å². The number of hydrogen-bond donors (Lipinski definition) is 4. The van der Waals surface area contributed by atoms with E-state index in [-0.39, 0.29) is 6.61 Å². The molecule has 0 aliphatic carbocycles. The molecule has 1 aromatic heterocycles. The topological polar surface area (TPSA) is 109 Å². The summed E-state index contributed by atoms with van der Waals surface area (Å²) in [5.74, 6) is -0.917. The molecule has 170 valence electrons. The van der Waals surface area contributed by atoms with Crippen molar-refractivity contribution in [2.45, 2.75) is 36.1 Å². The molecule has 0 saturated carbocycles. The van der Waals surface area contributed by atoms with Gasteiger partial charge >= 0.3 is 0 Å². The fraction of sp³-hybridized carbons (Fsp3) is 0.391. The molecule has 0 radical (unpaired) electrons. The lowest BCUT2D eigenvalue weighted by Crippen LogP contribution is -2.65. The van der Waals surface area contributed by atoms with Crippen LogP contribution >= 0.6 is 22.9 Å². The Morgan fingerprint density at radius 2 is 1.97 bits per heavy atom. The Morgan fingerprint density at radius 3 is 2.72 bits per heavy atom. The van der Waals surface area contributed by atoms with E-state index < -0.39 is 36.3 Å². The molecule has 2 bridgehead atoms. The average molecular weight is 479 g/mol. The molecule has 4 N–H and O–H groups in total. The summed E-state index contributed by atoms with van der Waals surface area (Å²) in [6.45, 7) is -0.739. The summed E-state index contributed by atoms with van der Waals surface area (Å²) in [6, 6.07) is 13.1. The summed E-state index contributed by atoms with van der Waals surface area (Å²) in [5, 5.41) is 42.9. The van der Waals surface area contributed by atoms with Gasteiger partial charge in [-0.05, 0) is 35.9 Å². The third-order valence-corrected chi connectivity index (χ3v) is 7.80. The fourth-order valence-corrected chi connectivity index (χ4v) is 5.83. The minimum absolute atomic E-state index is 0.174. The Balaban J connectivity index is 1.52. The largest absolute Gasteiger partial charge is 0.496 e. The summed E-state index contributed by atoms with van der Waals surface area (Å²) >= 11 is 8.12. The lowest BCUT2D eigenvalue weighted by atomic mass is 9.83. The molecule has 5 rings (SSSR count). The maximum Gasteiger partial charge on any atom is 0.225 e.